The number of hydrogen-bond donors (Lipinski definition) is 1. The van der Waals surface area contributed by atoms with Crippen molar-refractivity contribution in [3.8, 4) is 22.8 Å². The van der Waals surface area contributed by atoms with Crippen LogP contribution >= 0.6 is 11.3 Å². The predicted molar refractivity (Wildman–Crippen MR) is 111 cm³/mol. The van der Waals surface area contributed by atoms with E-state index < -0.39 is 0 Å². The average molecular weight is 411 g/mol. The number of methoxy groups -OCH3 is 2. The molecule has 1 amide bonds. The fourth-order valence-electron chi connectivity index (χ4n) is 3.11. The van der Waals surface area contributed by atoms with Crippen LogP contribution in [0.3, 0.4) is 0 Å². The molecule has 1 N–H and O–H groups in total. The van der Waals surface area contributed by atoms with Crippen molar-refractivity contribution in [2.45, 2.75) is 0 Å². The minimum Gasteiger partial charge on any atom is -0.493 e. The molecule has 4 rings (SSSR count). The minimum absolute atomic E-state index is 0.266. The molecule has 2 aromatic heterocycles. The number of hydrogen-bond acceptors (Lipinski definition) is 5. The summed E-state index contributed by atoms with van der Waals surface area (Å²) in [6.07, 6.45) is 0. The number of ether oxygens (including phenoxy) is 2. The van der Waals surface area contributed by atoms with E-state index >= 15 is 0 Å². The topological polar surface area (TPSA) is 65.4 Å². The smallest absolute Gasteiger partial charge is 0.265 e. The zero-order chi connectivity index (χ0) is 20.5. The van der Waals surface area contributed by atoms with E-state index in [2.05, 4.69) is 10.4 Å². The third-order valence-electron chi connectivity index (χ3n) is 4.51. The molecule has 0 saturated heterocycles. The van der Waals surface area contributed by atoms with Gasteiger partial charge in [0, 0.05) is 29.8 Å². The average Bonchev–Trinajstić information content (AvgIpc) is 3.29. The molecule has 4 aromatic rings. The van der Waals surface area contributed by atoms with Crippen molar-refractivity contribution in [3.05, 3.63) is 59.2 Å². The summed E-state index contributed by atoms with van der Waals surface area (Å²) >= 11 is 1.30. The molecule has 6 nitrogen and oxygen atoms in total. The van der Waals surface area contributed by atoms with Crippen LogP contribution in [-0.4, -0.2) is 29.9 Å². The molecule has 0 fully saturated rings. The van der Waals surface area contributed by atoms with E-state index in [9.17, 15) is 9.18 Å². The number of fused-ring (bicyclic) bond motifs is 1. The zero-order valence-electron chi connectivity index (χ0n) is 16.0. The summed E-state index contributed by atoms with van der Waals surface area (Å²) in [6.45, 7) is 0. The van der Waals surface area contributed by atoms with Crippen molar-refractivity contribution in [2.75, 3.05) is 19.5 Å². The quantitative estimate of drug-likeness (QED) is 0.517. The first kappa shape index (κ1) is 18.9. The Morgan fingerprint density at radius 1 is 1.10 bits per heavy atom. The van der Waals surface area contributed by atoms with Gasteiger partial charge in [-0.25, -0.2) is 4.39 Å². The number of aromatic nitrogens is 2. The fourth-order valence-corrected chi connectivity index (χ4v) is 4.08. The Hall–Kier alpha value is -3.39. The largest absolute Gasteiger partial charge is 0.493 e. The monoisotopic (exact) mass is 411 g/mol. The summed E-state index contributed by atoms with van der Waals surface area (Å²) in [5.41, 5.74) is 1.50. The summed E-state index contributed by atoms with van der Waals surface area (Å²) in [5, 5.41) is 8.03. The highest BCUT2D eigenvalue weighted by Gasteiger charge is 2.20. The van der Waals surface area contributed by atoms with Gasteiger partial charge in [-0.1, -0.05) is 12.1 Å². The summed E-state index contributed by atoms with van der Waals surface area (Å²) < 4.78 is 26.4. The number of carbonyl (C=O) groups excluding carboxylic acids is 1. The number of nitrogens with one attached hydrogen (secondary N) is 1. The highest BCUT2D eigenvalue weighted by atomic mass is 32.1. The number of carbonyl (C=O) groups is 1. The van der Waals surface area contributed by atoms with Gasteiger partial charge in [0.2, 0.25) is 0 Å². The second kappa shape index (κ2) is 7.56. The van der Waals surface area contributed by atoms with Gasteiger partial charge >= 0.3 is 0 Å². The standard InChI is InChI=1S/C21H18FN3O3S/c1-25-21-14(19(24-25)13-6-4-5-7-15(13)22)11-18(29-21)20(26)23-12-8-9-16(27-2)17(10-12)28-3/h4-11H,1-3H3,(H,23,26). The summed E-state index contributed by atoms with van der Waals surface area (Å²) in [6, 6.07) is 13.4. The Morgan fingerprint density at radius 3 is 2.59 bits per heavy atom. The highest BCUT2D eigenvalue weighted by molar-refractivity contribution is 7.20. The molecule has 0 spiro atoms. The van der Waals surface area contributed by atoms with Gasteiger partial charge in [-0.15, -0.1) is 11.3 Å². The van der Waals surface area contributed by atoms with Gasteiger partial charge in [0.05, 0.1) is 19.1 Å². The van der Waals surface area contributed by atoms with Crippen LogP contribution in [0.1, 0.15) is 9.67 Å². The number of halogens is 1. The maximum Gasteiger partial charge on any atom is 0.265 e. The maximum absolute atomic E-state index is 14.3. The van der Waals surface area contributed by atoms with E-state index in [-0.39, 0.29) is 11.7 Å². The number of thiophene rings is 1. The predicted octanol–water partition coefficient (Wildman–Crippen LogP) is 4.71. The van der Waals surface area contributed by atoms with Crippen LogP contribution in [0.15, 0.2) is 48.5 Å². The van der Waals surface area contributed by atoms with Gasteiger partial charge in [0.15, 0.2) is 11.5 Å². The van der Waals surface area contributed by atoms with Crippen LogP contribution in [0.4, 0.5) is 10.1 Å². The number of aryl methyl sites for hydroxylation is 1. The third kappa shape index (κ3) is 3.42. The molecule has 0 saturated carbocycles. The number of amides is 1. The van der Waals surface area contributed by atoms with Crippen molar-refractivity contribution in [3.63, 3.8) is 0 Å². The Kier molecular flexibility index (Phi) is 4.94. The Balaban J connectivity index is 1.68. The van der Waals surface area contributed by atoms with E-state index in [0.29, 0.717) is 33.3 Å². The van der Waals surface area contributed by atoms with Gasteiger partial charge in [0.25, 0.3) is 5.91 Å². The molecule has 2 heterocycles. The molecule has 29 heavy (non-hydrogen) atoms. The first-order valence-electron chi connectivity index (χ1n) is 8.76. The molecule has 2 aromatic carbocycles. The molecule has 0 radical (unpaired) electrons. The third-order valence-corrected chi connectivity index (χ3v) is 5.71. The van der Waals surface area contributed by atoms with Crippen LogP contribution in [0.2, 0.25) is 0 Å². The lowest BCUT2D eigenvalue weighted by Gasteiger charge is -2.10. The fraction of sp³-hybridized carbons (Fsp3) is 0.143. The van der Waals surface area contributed by atoms with E-state index in [1.807, 2.05) is 0 Å². The number of nitrogens with zero attached hydrogens (tertiary/aromatic N) is 2. The number of anilines is 1. The number of benzene rings is 2. The van der Waals surface area contributed by atoms with Crippen molar-refractivity contribution >= 4 is 33.1 Å². The normalized spacial score (nSPS) is 10.9. The van der Waals surface area contributed by atoms with Gasteiger partial charge < -0.3 is 14.8 Å². The molecule has 148 valence electrons. The van der Waals surface area contributed by atoms with Gasteiger partial charge in [0.1, 0.15) is 16.3 Å². The highest BCUT2D eigenvalue weighted by Crippen LogP contribution is 2.35. The van der Waals surface area contributed by atoms with Crippen LogP contribution < -0.4 is 14.8 Å². The molecular weight excluding hydrogens is 393 g/mol. The summed E-state index contributed by atoms with van der Waals surface area (Å²) in [5.74, 6) is 0.480. The van der Waals surface area contributed by atoms with E-state index in [1.54, 1.807) is 61.3 Å². The molecule has 0 unspecified atom stereocenters. The van der Waals surface area contributed by atoms with Crippen molar-refractivity contribution in [1.29, 1.82) is 0 Å². The van der Waals surface area contributed by atoms with E-state index in [4.69, 9.17) is 9.47 Å². The molecular formula is C21H18FN3O3S. The van der Waals surface area contributed by atoms with Crippen LogP contribution in [-0.2, 0) is 7.05 Å². The minimum atomic E-state index is -0.352. The van der Waals surface area contributed by atoms with Gasteiger partial charge in [-0.05, 0) is 30.3 Å². The first-order valence-corrected chi connectivity index (χ1v) is 9.58. The van der Waals surface area contributed by atoms with Crippen molar-refractivity contribution in [1.82, 2.24) is 9.78 Å². The lowest BCUT2D eigenvalue weighted by atomic mass is 10.1. The molecule has 0 aliphatic heterocycles. The molecule has 0 bridgehead atoms. The van der Waals surface area contributed by atoms with Crippen LogP contribution in [0, 0.1) is 5.82 Å². The van der Waals surface area contributed by atoms with Gasteiger partial charge in [-0.3, -0.25) is 9.48 Å². The van der Waals surface area contributed by atoms with Crippen LogP contribution in [0.5, 0.6) is 11.5 Å². The molecule has 8 heteroatoms. The summed E-state index contributed by atoms with van der Waals surface area (Å²) in [7, 11) is 4.86. The lowest BCUT2D eigenvalue weighted by Crippen LogP contribution is -2.10. The van der Waals surface area contributed by atoms with Crippen molar-refractivity contribution < 1.29 is 18.7 Å². The summed E-state index contributed by atoms with van der Waals surface area (Å²) in [4.78, 5) is 14.1. The molecule has 0 atom stereocenters. The Bertz CT molecular complexity index is 1220. The van der Waals surface area contributed by atoms with Gasteiger partial charge in [-0.2, -0.15) is 5.10 Å². The maximum atomic E-state index is 14.3. The molecule has 0 aliphatic carbocycles. The Labute approximate surface area is 170 Å². The Morgan fingerprint density at radius 2 is 1.86 bits per heavy atom. The van der Waals surface area contributed by atoms with Crippen molar-refractivity contribution in [2.24, 2.45) is 7.05 Å². The molecule has 0 aliphatic rings. The van der Waals surface area contributed by atoms with E-state index in [0.717, 1.165) is 10.2 Å². The SMILES string of the molecule is COc1ccc(NC(=O)c2cc3c(-c4ccccc4F)nn(C)c3s2)cc1OC. The lowest BCUT2D eigenvalue weighted by molar-refractivity contribution is 0.103. The second-order valence-corrected chi connectivity index (χ2v) is 7.34. The van der Waals surface area contributed by atoms with Crippen LogP contribution in [0.25, 0.3) is 21.5 Å². The number of rotatable bonds is 5. The second-order valence-electron chi connectivity index (χ2n) is 6.31. The first-order chi connectivity index (χ1) is 14.0. The van der Waals surface area contributed by atoms with E-state index in [1.165, 1.54) is 24.5 Å². The zero-order valence-corrected chi connectivity index (χ0v) is 16.8.